The van der Waals surface area contributed by atoms with Crippen LogP contribution in [0.2, 0.25) is 0 Å². The normalized spacial score (nSPS) is 19.6. The molecule has 0 aromatic carbocycles. The Morgan fingerprint density at radius 3 is 1.94 bits per heavy atom. The first-order valence-electron chi connectivity index (χ1n) is 23.4. The summed E-state index contributed by atoms with van der Waals surface area (Å²) in [6.07, 6.45) is 30.1. The molecule has 0 aliphatic heterocycles. The van der Waals surface area contributed by atoms with Crippen LogP contribution in [0.1, 0.15) is 162 Å². The van der Waals surface area contributed by atoms with Crippen LogP contribution >= 0.6 is 15.6 Å². The quantitative estimate of drug-likeness (QED) is 0.0145. The van der Waals surface area contributed by atoms with Crippen molar-refractivity contribution in [3.63, 3.8) is 0 Å². The highest BCUT2D eigenvalue weighted by atomic mass is 31.2. The second-order valence-corrected chi connectivity index (χ2v) is 19.1. The molecule has 0 spiro atoms. The van der Waals surface area contributed by atoms with Gasteiger partial charge in [-0.05, 0) is 57.8 Å². The molecule has 0 aromatic rings. The predicted octanol–water partition coefficient (Wildman–Crippen LogP) is 8.82. The van der Waals surface area contributed by atoms with Gasteiger partial charge in [0.15, 0.2) is 6.10 Å². The summed E-state index contributed by atoms with van der Waals surface area (Å²) in [6.45, 7) is 1.32. The summed E-state index contributed by atoms with van der Waals surface area (Å²) in [7, 11) is -9.79. The van der Waals surface area contributed by atoms with Crippen LogP contribution in [0, 0.1) is 11.8 Å². The summed E-state index contributed by atoms with van der Waals surface area (Å²) in [5.74, 6) is -1.95. The smallest absolute Gasteiger partial charge is 0.462 e. The van der Waals surface area contributed by atoms with Crippen molar-refractivity contribution < 1.29 is 76.6 Å². The number of phosphoric acid groups is 2. The number of ketones is 1. The molecule has 7 atom stereocenters. The maximum atomic E-state index is 12.8. The third kappa shape index (κ3) is 33.2. The second-order valence-electron chi connectivity index (χ2n) is 16.5. The van der Waals surface area contributed by atoms with Crippen molar-refractivity contribution in [3.05, 3.63) is 48.6 Å². The van der Waals surface area contributed by atoms with Gasteiger partial charge in [-0.1, -0.05) is 133 Å². The number of esters is 2. The SMILES string of the molecule is CCCCCCCC/C=C\C/C=C\C/C=C\CCCC(=O)OC[C@H](COP(=O)(O)OC[C@@H](O)COP(=O)(O)O)OC(=O)CCCCCC[C@H]1C(=O)C[C@@H](O)[C@@H]1/C=C/[C@@H](O)CCCCC. The van der Waals surface area contributed by atoms with Gasteiger partial charge in [-0.3, -0.25) is 28.0 Å². The summed E-state index contributed by atoms with van der Waals surface area (Å²) in [6, 6.07) is 0. The number of Topliss-reactive ketones (excluding diaryl/α,β-unsaturated/α-hetero) is 1. The van der Waals surface area contributed by atoms with E-state index < -0.39 is 78.4 Å². The molecule has 1 aliphatic carbocycles. The lowest BCUT2D eigenvalue weighted by Gasteiger charge is -2.20. The van der Waals surface area contributed by atoms with Crippen molar-refractivity contribution in [3.8, 4) is 0 Å². The maximum Gasteiger partial charge on any atom is 0.472 e. The minimum Gasteiger partial charge on any atom is -0.462 e. The number of rotatable bonds is 40. The van der Waals surface area contributed by atoms with Crippen molar-refractivity contribution in [1.82, 2.24) is 0 Å². The average Bonchev–Trinajstić information content (AvgIpc) is 3.51. The lowest BCUT2D eigenvalue weighted by atomic mass is 9.88. The van der Waals surface area contributed by atoms with Crippen molar-refractivity contribution in [2.24, 2.45) is 11.8 Å². The molecule has 0 radical (unpaired) electrons. The van der Waals surface area contributed by atoms with E-state index in [0.29, 0.717) is 51.4 Å². The summed E-state index contributed by atoms with van der Waals surface area (Å²) in [5, 5.41) is 30.5. The summed E-state index contributed by atoms with van der Waals surface area (Å²) < 4.78 is 47.8. The minimum absolute atomic E-state index is 0.00371. The Labute approximate surface area is 381 Å². The molecule has 0 amide bonds. The molecule has 1 saturated carbocycles. The van der Waals surface area contributed by atoms with Crippen LogP contribution in [0.3, 0.4) is 0 Å². The molecule has 0 aromatic heterocycles. The maximum absolute atomic E-state index is 12.8. The number of ether oxygens (including phenoxy) is 2. The first kappa shape index (κ1) is 59.7. The van der Waals surface area contributed by atoms with Crippen LogP contribution in [0.5, 0.6) is 0 Å². The van der Waals surface area contributed by atoms with E-state index in [-0.39, 0.29) is 36.9 Å². The highest BCUT2D eigenvalue weighted by Crippen LogP contribution is 2.44. The number of hydrogen-bond acceptors (Lipinski definition) is 13. The van der Waals surface area contributed by atoms with Gasteiger partial charge in [0, 0.05) is 31.1 Å². The van der Waals surface area contributed by atoms with E-state index in [1.165, 1.54) is 38.5 Å². The Bertz CT molecular complexity index is 1480. The molecular formula is C46H80O16P2. The number of carbonyl (C=O) groups excluding carboxylic acids is 3. The highest BCUT2D eigenvalue weighted by Gasteiger charge is 2.39. The van der Waals surface area contributed by atoms with E-state index in [1.54, 1.807) is 12.2 Å². The van der Waals surface area contributed by atoms with Crippen LogP contribution in [-0.2, 0) is 46.6 Å². The van der Waals surface area contributed by atoms with E-state index in [1.807, 2.05) is 12.2 Å². The third-order valence-electron chi connectivity index (χ3n) is 10.6. The molecule has 18 heteroatoms. The van der Waals surface area contributed by atoms with Gasteiger partial charge in [-0.15, -0.1) is 0 Å². The monoisotopic (exact) mass is 950 g/mol. The highest BCUT2D eigenvalue weighted by molar-refractivity contribution is 7.47. The first-order valence-corrected chi connectivity index (χ1v) is 26.5. The van der Waals surface area contributed by atoms with Gasteiger partial charge in [0.05, 0.1) is 32.0 Å². The van der Waals surface area contributed by atoms with E-state index >= 15 is 0 Å². The van der Waals surface area contributed by atoms with E-state index in [4.69, 9.17) is 23.8 Å². The zero-order chi connectivity index (χ0) is 47.5. The number of allylic oxidation sites excluding steroid dienone is 6. The van der Waals surface area contributed by atoms with Gasteiger partial charge in [-0.2, -0.15) is 0 Å². The zero-order valence-corrected chi connectivity index (χ0v) is 40.1. The molecule has 16 nitrogen and oxygen atoms in total. The molecule has 0 bridgehead atoms. The molecule has 0 saturated heterocycles. The van der Waals surface area contributed by atoms with Gasteiger partial charge in [0.25, 0.3) is 0 Å². The molecule has 0 heterocycles. The standard InChI is InChI=1S/C46H80O16P2/c1-3-5-7-8-9-10-11-12-13-14-15-16-17-18-19-20-25-29-45(51)58-36-40(37-61-64(56,57)60-35-39(48)34-59-63(53,54)55)62-46(52)30-26-22-21-24-28-41-42(44(50)33-43(41)49)32-31-38(47)27-23-6-4-2/h12-13,15-16,18-19,31-32,38-42,44,47-48,50H,3-11,14,17,20-30,33-37H2,1-2H3,(H,56,57)(H2,53,54,55)/b13-12-,16-15-,19-18-,32-31+/t38-,39-,40+,41+,42+,44+/m0/s1. The topological polar surface area (TPSA) is 253 Å². The van der Waals surface area contributed by atoms with Crippen LogP contribution in [-0.4, -0.2) is 98.6 Å². The fourth-order valence-electron chi connectivity index (χ4n) is 6.97. The largest absolute Gasteiger partial charge is 0.472 e. The Balaban J connectivity index is 2.56. The van der Waals surface area contributed by atoms with Crippen LogP contribution in [0.4, 0.5) is 0 Å². The number of aliphatic hydroxyl groups excluding tert-OH is 3. The lowest BCUT2D eigenvalue weighted by molar-refractivity contribution is -0.161. The number of phosphoric ester groups is 2. The molecule has 1 rings (SSSR count). The van der Waals surface area contributed by atoms with Gasteiger partial charge >= 0.3 is 27.6 Å². The lowest BCUT2D eigenvalue weighted by Crippen LogP contribution is -2.30. The summed E-state index contributed by atoms with van der Waals surface area (Å²) in [4.78, 5) is 65.6. The van der Waals surface area contributed by atoms with Gasteiger partial charge in [0.1, 0.15) is 18.5 Å². The molecule has 1 fully saturated rings. The second kappa shape index (κ2) is 36.7. The van der Waals surface area contributed by atoms with Gasteiger partial charge in [0.2, 0.25) is 0 Å². The van der Waals surface area contributed by atoms with Gasteiger partial charge in [-0.25, -0.2) is 9.13 Å². The number of carbonyl (C=O) groups is 3. The third-order valence-corrected chi connectivity index (χ3v) is 12.0. The number of hydrogen-bond donors (Lipinski definition) is 6. The average molecular weight is 951 g/mol. The molecule has 64 heavy (non-hydrogen) atoms. The number of unbranched alkanes of at least 4 members (excludes halogenated alkanes) is 12. The minimum atomic E-state index is -4.90. The summed E-state index contributed by atoms with van der Waals surface area (Å²) in [5.41, 5.74) is 0. The van der Waals surface area contributed by atoms with E-state index in [0.717, 1.165) is 38.5 Å². The molecular weight excluding hydrogens is 870 g/mol. The van der Waals surface area contributed by atoms with Gasteiger partial charge < -0.3 is 39.5 Å². The van der Waals surface area contributed by atoms with Crippen LogP contribution in [0.15, 0.2) is 48.6 Å². The van der Waals surface area contributed by atoms with E-state index in [2.05, 4.69) is 47.2 Å². The summed E-state index contributed by atoms with van der Waals surface area (Å²) >= 11 is 0. The predicted molar refractivity (Wildman–Crippen MR) is 245 cm³/mol. The molecule has 1 unspecified atom stereocenters. The van der Waals surface area contributed by atoms with Crippen molar-refractivity contribution in [2.75, 3.05) is 26.4 Å². The molecule has 1 aliphatic rings. The van der Waals surface area contributed by atoms with Crippen molar-refractivity contribution in [2.45, 2.75) is 186 Å². The first-order chi connectivity index (χ1) is 30.6. The fraction of sp³-hybridized carbons (Fsp3) is 0.761. The van der Waals surface area contributed by atoms with Crippen LogP contribution in [0.25, 0.3) is 0 Å². The fourth-order valence-corrected chi connectivity index (χ4v) is 8.12. The Morgan fingerprint density at radius 2 is 1.25 bits per heavy atom. The molecule has 370 valence electrons. The zero-order valence-electron chi connectivity index (χ0n) is 38.3. The molecule has 6 N–H and O–H groups in total. The van der Waals surface area contributed by atoms with Crippen molar-refractivity contribution >= 4 is 33.4 Å². The Kier molecular flexibility index (Phi) is 34.3. The Morgan fingerprint density at radius 1 is 0.688 bits per heavy atom. The Hall–Kier alpha value is -2.33. The van der Waals surface area contributed by atoms with Crippen LogP contribution < -0.4 is 0 Å². The van der Waals surface area contributed by atoms with Crippen molar-refractivity contribution in [1.29, 1.82) is 0 Å². The van der Waals surface area contributed by atoms with E-state index in [9.17, 15) is 43.7 Å². The number of aliphatic hydroxyl groups is 3.